The molecule has 0 fully saturated rings. The van der Waals surface area contributed by atoms with Crippen LogP contribution in [-0.4, -0.2) is 11.5 Å². The summed E-state index contributed by atoms with van der Waals surface area (Å²) < 4.78 is 53.8. The standard InChI is InChI=1S/C13H10BrF4N3/c1-2-19-12-9(17)5-10(18)13(21-12)20-11-3-6(14)7(15)4-8(11)16/h3-5H,2H2,1H3,(H2,19,20,21). The Morgan fingerprint density at radius 2 is 1.57 bits per heavy atom. The molecule has 0 atom stereocenters. The number of nitrogens with zero attached hydrogens (tertiary/aromatic N) is 1. The van der Waals surface area contributed by atoms with Gasteiger partial charge >= 0.3 is 0 Å². The maximum atomic E-state index is 13.7. The van der Waals surface area contributed by atoms with Gasteiger partial charge in [0.2, 0.25) is 0 Å². The van der Waals surface area contributed by atoms with Crippen molar-refractivity contribution in [2.24, 2.45) is 0 Å². The zero-order valence-electron chi connectivity index (χ0n) is 10.8. The Hall–Kier alpha value is -1.83. The lowest BCUT2D eigenvalue weighted by atomic mass is 10.3. The molecule has 0 bridgehead atoms. The molecule has 1 aromatic heterocycles. The number of rotatable bonds is 4. The summed E-state index contributed by atoms with van der Waals surface area (Å²) in [4.78, 5) is 3.70. The first kappa shape index (κ1) is 15.6. The van der Waals surface area contributed by atoms with Crippen molar-refractivity contribution in [2.75, 3.05) is 17.2 Å². The molecule has 0 unspecified atom stereocenters. The van der Waals surface area contributed by atoms with Crippen LogP contribution in [0, 0.1) is 23.3 Å². The Morgan fingerprint density at radius 1 is 0.952 bits per heavy atom. The van der Waals surface area contributed by atoms with Gasteiger partial charge in [0.1, 0.15) is 11.6 Å². The highest BCUT2D eigenvalue weighted by Crippen LogP contribution is 2.28. The van der Waals surface area contributed by atoms with Crippen molar-refractivity contribution in [1.82, 2.24) is 4.98 Å². The minimum Gasteiger partial charge on any atom is -0.368 e. The lowest BCUT2D eigenvalue weighted by Crippen LogP contribution is -2.07. The van der Waals surface area contributed by atoms with E-state index in [1.807, 2.05) is 0 Å². The maximum absolute atomic E-state index is 13.7. The first-order valence-electron chi connectivity index (χ1n) is 5.93. The highest BCUT2D eigenvalue weighted by Gasteiger charge is 2.14. The number of anilines is 3. The number of hydrogen-bond donors (Lipinski definition) is 2. The average molecular weight is 364 g/mol. The SMILES string of the molecule is CCNc1nc(Nc2cc(Br)c(F)cc2F)c(F)cc1F. The number of aromatic nitrogens is 1. The molecule has 1 heterocycles. The molecule has 8 heteroatoms. The molecular weight excluding hydrogens is 354 g/mol. The molecule has 2 rings (SSSR count). The minimum atomic E-state index is -0.992. The molecule has 0 saturated heterocycles. The molecule has 3 nitrogen and oxygen atoms in total. The van der Waals surface area contributed by atoms with Crippen LogP contribution in [0.4, 0.5) is 34.9 Å². The third-order valence-corrected chi connectivity index (χ3v) is 3.14. The molecule has 0 spiro atoms. The van der Waals surface area contributed by atoms with Crippen LogP contribution in [0.1, 0.15) is 6.92 Å². The van der Waals surface area contributed by atoms with E-state index in [0.717, 1.165) is 6.07 Å². The van der Waals surface area contributed by atoms with Gasteiger partial charge in [0, 0.05) is 18.7 Å². The van der Waals surface area contributed by atoms with Gasteiger partial charge in [-0.2, -0.15) is 0 Å². The quantitative estimate of drug-likeness (QED) is 0.616. The molecule has 0 aliphatic heterocycles. The van der Waals surface area contributed by atoms with E-state index in [4.69, 9.17) is 0 Å². The summed E-state index contributed by atoms with van der Waals surface area (Å²) in [5, 5.41) is 4.98. The van der Waals surface area contributed by atoms with Gasteiger partial charge in [-0.1, -0.05) is 0 Å². The monoisotopic (exact) mass is 363 g/mol. The third kappa shape index (κ3) is 3.44. The van der Waals surface area contributed by atoms with Crippen molar-refractivity contribution >= 4 is 33.3 Å². The van der Waals surface area contributed by atoms with Gasteiger partial charge in [0.25, 0.3) is 0 Å². The fourth-order valence-electron chi connectivity index (χ4n) is 1.59. The zero-order valence-corrected chi connectivity index (χ0v) is 12.4. The third-order valence-electron chi connectivity index (χ3n) is 2.54. The normalized spacial score (nSPS) is 10.6. The molecule has 21 heavy (non-hydrogen) atoms. The van der Waals surface area contributed by atoms with Crippen LogP contribution in [0.2, 0.25) is 0 Å². The highest BCUT2D eigenvalue weighted by molar-refractivity contribution is 9.10. The summed E-state index contributed by atoms with van der Waals surface area (Å²) in [6, 6.07) is 2.37. The zero-order chi connectivity index (χ0) is 15.6. The molecule has 0 amide bonds. The summed E-state index contributed by atoms with van der Waals surface area (Å²) in [5.41, 5.74) is -0.191. The molecule has 112 valence electrons. The molecule has 2 N–H and O–H groups in total. The fourth-order valence-corrected chi connectivity index (χ4v) is 1.93. The van der Waals surface area contributed by atoms with Crippen molar-refractivity contribution in [3.8, 4) is 0 Å². The van der Waals surface area contributed by atoms with Crippen LogP contribution in [0.15, 0.2) is 22.7 Å². The summed E-state index contributed by atoms with van der Waals surface area (Å²) in [6.07, 6.45) is 0. The van der Waals surface area contributed by atoms with Crippen molar-refractivity contribution in [3.63, 3.8) is 0 Å². The number of halogens is 5. The van der Waals surface area contributed by atoms with Crippen molar-refractivity contribution in [1.29, 1.82) is 0 Å². The first-order chi connectivity index (χ1) is 9.92. The van der Waals surface area contributed by atoms with Crippen LogP contribution >= 0.6 is 15.9 Å². The van der Waals surface area contributed by atoms with E-state index in [0.29, 0.717) is 18.7 Å². The van der Waals surface area contributed by atoms with Gasteiger partial charge in [-0.15, -0.1) is 0 Å². The summed E-state index contributed by atoms with van der Waals surface area (Å²) in [7, 11) is 0. The van der Waals surface area contributed by atoms with E-state index >= 15 is 0 Å². The van der Waals surface area contributed by atoms with Crippen LogP contribution in [-0.2, 0) is 0 Å². The van der Waals surface area contributed by atoms with Crippen LogP contribution < -0.4 is 10.6 Å². The fraction of sp³-hybridized carbons (Fsp3) is 0.154. The first-order valence-corrected chi connectivity index (χ1v) is 6.73. The van der Waals surface area contributed by atoms with Crippen molar-refractivity contribution < 1.29 is 17.6 Å². The number of hydrogen-bond acceptors (Lipinski definition) is 3. The van der Waals surface area contributed by atoms with Crippen molar-refractivity contribution in [3.05, 3.63) is 45.9 Å². The van der Waals surface area contributed by atoms with Gasteiger partial charge < -0.3 is 10.6 Å². The second-order valence-electron chi connectivity index (χ2n) is 4.05. The predicted molar refractivity (Wildman–Crippen MR) is 75.7 cm³/mol. The van der Waals surface area contributed by atoms with E-state index in [9.17, 15) is 17.6 Å². The smallest absolute Gasteiger partial charge is 0.169 e. The Kier molecular flexibility index (Phi) is 4.66. The van der Waals surface area contributed by atoms with Gasteiger partial charge in [-0.05, 0) is 28.9 Å². The van der Waals surface area contributed by atoms with Gasteiger partial charge in [-0.3, -0.25) is 0 Å². The minimum absolute atomic E-state index is 0.000765. The van der Waals surface area contributed by atoms with Gasteiger partial charge in [-0.25, -0.2) is 22.5 Å². The second kappa shape index (κ2) is 6.30. The summed E-state index contributed by atoms with van der Waals surface area (Å²) in [5.74, 6) is -4.10. The van der Waals surface area contributed by atoms with E-state index < -0.39 is 23.3 Å². The highest BCUT2D eigenvalue weighted by atomic mass is 79.9. The molecule has 2 aromatic rings. The maximum Gasteiger partial charge on any atom is 0.169 e. The topological polar surface area (TPSA) is 37.0 Å². The Labute approximate surface area is 126 Å². The lowest BCUT2D eigenvalue weighted by Gasteiger charge is -2.11. The molecule has 0 saturated carbocycles. The van der Waals surface area contributed by atoms with E-state index in [1.54, 1.807) is 6.92 Å². The predicted octanol–water partition coefficient (Wildman–Crippen LogP) is 4.58. The van der Waals surface area contributed by atoms with E-state index in [2.05, 4.69) is 31.5 Å². The lowest BCUT2D eigenvalue weighted by molar-refractivity contribution is 0.576. The van der Waals surface area contributed by atoms with E-state index in [-0.39, 0.29) is 21.8 Å². The van der Waals surface area contributed by atoms with Crippen LogP contribution in [0.25, 0.3) is 0 Å². The Bertz CT molecular complexity index is 679. The van der Waals surface area contributed by atoms with Crippen LogP contribution in [0.3, 0.4) is 0 Å². The number of pyridine rings is 1. The van der Waals surface area contributed by atoms with Crippen molar-refractivity contribution in [2.45, 2.75) is 6.92 Å². The molecular formula is C13H10BrF4N3. The summed E-state index contributed by atoms with van der Waals surface area (Å²) in [6.45, 7) is 2.10. The largest absolute Gasteiger partial charge is 0.368 e. The molecule has 0 aliphatic carbocycles. The number of benzene rings is 1. The Morgan fingerprint density at radius 3 is 2.24 bits per heavy atom. The summed E-state index contributed by atoms with van der Waals surface area (Å²) >= 11 is 2.89. The second-order valence-corrected chi connectivity index (χ2v) is 4.91. The Balaban J connectivity index is 2.39. The number of nitrogens with one attached hydrogen (secondary N) is 2. The van der Waals surface area contributed by atoms with E-state index in [1.165, 1.54) is 0 Å². The molecule has 0 aliphatic rings. The van der Waals surface area contributed by atoms with Gasteiger partial charge in [0.05, 0.1) is 10.2 Å². The van der Waals surface area contributed by atoms with Gasteiger partial charge in [0.15, 0.2) is 23.3 Å². The average Bonchev–Trinajstić information content (AvgIpc) is 2.41. The molecule has 1 aromatic carbocycles. The van der Waals surface area contributed by atoms with Crippen LogP contribution in [0.5, 0.6) is 0 Å². The molecule has 0 radical (unpaired) electrons.